The molecule has 0 aromatic heterocycles. The quantitative estimate of drug-likeness (QED) is 0.340. The van der Waals surface area contributed by atoms with Crippen molar-refractivity contribution in [1.29, 1.82) is 0 Å². The van der Waals surface area contributed by atoms with Crippen molar-refractivity contribution >= 4 is 6.29 Å². The molecule has 0 amide bonds. The van der Waals surface area contributed by atoms with Gasteiger partial charge in [-0.2, -0.15) is 0 Å². The Morgan fingerprint density at radius 2 is 1.80 bits per heavy atom. The molecule has 0 rings (SSSR count). The molecule has 0 aliphatic heterocycles. The van der Waals surface area contributed by atoms with Gasteiger partial charge in [-0.3, -0.25) is 4.79 Å². The van der Waals surface area contributed by atoms with Crippen molar-refractivity contribution in [3.8, 4) is 0 Å². The number of hydrogen-bond acceptors (Lipinski definition) is 2. The van der Waals surface area contributed by atoms with Gasteiger partial charge in [0.05, 0.1) is 12.5 Å². The third kappa shape index (κ3) is 29.9. The maximum absolute atomic E-state index is 9.32. The molecule has 0 bridgehead atoms. The normalized spacial score (nSPS) is 7.30. The summed E-state index contributed by atoms with van der Waals surface area (Å²) in [5, 5.41) is 0. The van der Waals surface area contributed by atoms with Crippen molar-refractivity contribution in [2.45, 2.75) is 6.92 Å². The van der Waals surface area contributed by atoms with E-state index in [-0.39, 0.29) is 0 Å². The Balaban J connectivity index is 0. The summed E-state index contributed by atoms with van der Waals surface area (Å²) in [7, 11) is 0. The first-order valence-electron chi connectivity index (χ1n) is 2.77. The van der Waals surface area contributed by atoms with Gasteiger partial charge in [0.15, 0.2) is 0 Å². The first-order chi connectivity index (χ1) is 4.83. The number of hydrogen-bond donors (Lipinski definition) is 0. The lowest BCUT2D eigenvalue weighted by Crippen LogP contribution is -1.52. The van der Waals surface area contributed by atoms with Gasteiger partial charge in [-0.15, -0.1) is 0 Å². The lowest BCUT2D eigenvalue weighted by Gasteiger charge is -1.76. The molecule has 0 unspecified atom stereocenters. The molecule has 0 heterocycles. The minimum absolute atomic E-state index is 0.750. The summed E-state index contributed by atoms with van der Waals surface area (Å²) in [5.74, 6) is 0. The van der Waals surface area contributed by atoms with Crippen molar-refractivity contribution in [2.24, 2.45) is 0 Å². The van der Waals surface area contributed by atoms with E-state index in [2.05, 4.69) is 17.9 Å². The van der Waals surface area contributed by atoms with Gasteiger partial charge in [0.1, 0.15) is 6.29 Å². The highest BCUT2D eigenvalue weighted by atomic mass is 16.5. The highest BCUT2D eigenvalue weighted by Crippen LogP contribution is 1.65. The van der Waals surface area contributed by atoms with Gasteiger partial charge in [-0.25, -0.2) is 0 Å². The van der Waals surface area contributed by atoms with Crippen LogP contribution in [0.4, 0.5) is 0 Å². The second-order valence-electron chi connectivity index (χ2n) is 1.13. The van der Waals surface area contributed by atoms with E-state index in [1.165, 1.54) is 18.6 Å². The molecule has 2 nitrogen and oxygen atoms in total. The summed E-state index contributed by atoms with van der Waals surface area (Å²) in [6.45, 7) is 8.31. The highest BCUT2D eigenvalue weighted by Gasteiger charge is 1.48. The van der Waals surface area contributed by atoms with Gasteiger partial charge in [-0.1, -0.05) is 19.2 Å². The van der Waals surface area contributed by atoms with Crippen molar-refractivity contribution in [2.75, 3.05) is 0 Å². The Hall–Kier alpha value is -1.31. The Morgan fingerprint density at radius 3 is 1.80 bits per heavy atom. The minimum Gasteiger partial charge on any atom is -0.474 e. The number of carbonyl (C=O) groups is 1. The van der Waals surface area contributed by atoms with Crippen LogP contribution >= 0.6 is 0 Å². The number of carbonyl (C=O) groups excluding carboxylic acids is 1. The molecule has 56 valence electrons. The second-order valence-corrected chi connectivity index (χ2v) is 1.13. The van der Waals surface area contributed by atoms with Crippen LogP contribution in [0.3, 0.4) is 0 Å². The third-order valence-corrected chi connectivity index (χ3v) is 0.463. The van der Waals surface area contributed by atoms with Gasteiger partial charge in [0, 0.05) is 0 Å². The maximum Gasteiger partial charge on any atom is 0.142 e. The van der Waals surface area contributed by atoms with Crippen LogP contribution < -0.4 is 0 Å². The molecule has 0 radical (unpaired) electrons. The molecule has 0 saturated heterocycles. The number of allylic oxidation sites excluding steroid dienone is 2. The van der Waals surface area contributed by atoms with Crippen molar-refractivity contribution in [1.82, 2.24) is 0 Å². The van der Waals surface area contributed by atoms with Crippen LogP contribution in [0.2, 0.25) is 0 Å². The Morgan fingerprint density at radius 1 is 1.30 bits per heavy atom. The van der Waals surface area contributed by atoms with E-state index in [0.29, 0.717) is 0 Å². The Labute approximate surface area is 61.5 Å². The molecular formula is C8H12O2. The maximum atomic E-state index is 9.32. The molecule has 0 saturated carbocycles. The summed E-state index contributed by atoms with van der Waals surface area (Å²) < 4.78 is 4.36. The van der Waals surface area contributed by atoms with Crippen molar-refractivity contribution in [3.05, 3.63) is 37.8 Å². The van der Waals surface area contributed by atoms with Crippen LogP contribution in [-0.2, 0) is 9.53 Å². The van der Waals surface area contributed by atoms with Crippen LogP contribution in [0.25, 0.3) is 0 Å². The van der Waals surface area contributed by atoms with Crippen LogP contribution in [0.15, 0.2) is 37.8 Å². The standard InChI is InChI=1S/2C4H6O/c1-3-5-4-2;1-2-3-4-5/h3-4H,1-2H2;2-4H,1H3/b;3-2+. The topological polar surface area (TPSA) is 26.3 Å². The van der Waals surface area contributed by atoms with Crippen LogP contribution in [0.1, 0.15) is 6.92 Å². The van der Waals surface area contributed by atoms with E-state index in [9.17, 15) is 4.79 Å². The first-order valence-corrected chi connectivity index (χ1v) is 2.77. The minimum atomic E-state index is 0.750. The molecule has 0 aliphatic carbocycles. The fraction of sp³-hybridized carbons (Fsp3) is 0.125. The van der Waals surface area contributed by atoms with Crippen molar-refractivity contribution in [3.63, 3.8) is 0 Å². The molecule has 0 fully saturated rings. The van der Waals surface area contributed by atoms with Crippen LogP contribution in [0.5, 0.6) is 0 Å². The molecule has 0 aromatic carbocycles. The molecule has 0 N–H and O–H groups in total. The molecule has 0 aliphatic rings. The fourth-order valence-electron chi connectivity index (χ4n) is 0.147. The molecular weight excluding hydrogens is 128 g/mol. The van der Waals surface area contributed by atoms with Gasteiger partial charge >= 0.3 is 0 Å². The van der Waals surface area contributed by atoms with Crippen molar-refractivity contribution < 1.29 is 9.53 Å². The molecule has 0 aromatic rings. The lowest BCUT2D eigenvalue weighted by molar-refractivity contribution is -0.104. The Bertz CT molecular complexity index is 108. The van der Waals surface area contributed by atoms with Crippen LogP contribution in [-0.4, -0.2) is 6.29 Å². The number of rotatable bonds is 3. The fourth-order valence-corrected chi connectivity index (χ4v) is 0.147. The molecule has 0 spiro atoms. The van der Waals surface area contributed by atoms with E-state index in [1.54, 1.807) is 13.0 Å². The highest BCUT2D eigenvalue weighted by molar-refractivity contribution is 5.64. The number of ether oxygens (including phenoxy) is 1. The predicted molar refractivity (Wildman–Crippen MR) is 42.4 cm³/mol. The monoisotopic (exact) mass is 140 g/mol. The molecule has 0 atom stereocenters. The third-order valence-electron chi connectivity index (χ3n) is 0.463. The van der Waals surface area contributed by atoms with E-state index in [0.717, 1.165) is 6.29 Å². The van der Waals surface area contributed by atoms with E-state index in [4.69, 9.17) is 0 Å². The first kappa shape index (κ1) is 11.5. The molecule has 10 heavy (non-hydrogen) atoms. The van der Waals surface area contributed by atoms with Gasteiger partial charge in [0.25, 0.3) is 0 Å². The summed E-state index contributed by atoms with van der Waals surface area (Å²) in [6.07, 6.45) is 6.51. The van der Waals surface area contributed by atoms with Gasteiger partial charge in [-0.05, 0) is 13.0 Å². The average molecular weight is 140 g/mol. The summed E-state index contributed by atoms with van der Waals surface area (Å²) in [4.78, 5) is 9.32. The summed E-state index contributed by atoms with van der Waals surface area (Å²) in [5.41, 5.74) is 0. The van der Waals surface area contributed by atoms with Gasteiger partial charge in [0.2, 0.25) is 0 Å². The molecule has 2 heteroatoms. The second kappa shape index (κ2) is 15.6. The summed E-state index contributed by atoms with van der Waals surface area (Å²) in [6, 6.07) is 0. The van der Waals surface area contributed by atoms with Gasteiger partial charge < -0.3 is 4.74 Å². The largest absolute Gasteiger partial charge is 0.474 e. The summed E-state index contributed by atoms with van der Waals surface area (Å²) >= 11 is 0. The van der Waals surface area contributed by atoms with E-state index in [1.807, 2.05) is 0 Å². The zero-order chi connectivity index (χ0) is 8.24. The predicted octanol–water partition coefficient (Wildman–Crippen LogP) is 2.05. The zero-order valence-corrected chi connectivity index (χ0v) is 6.12. The number of aldehydes is 1. The average Bonchev–Trinajstić information content (AvgIpc) is 1.93. The van der Waals surface area contributed by atoms with E-state index < -0.39 is 0 Å². The SMILES string of the molecule is C/C=C/C=O.C=COC=C. The van der Waals surface area contributed by atoms with Crippen LogP contribution in [0, 0.1) is 0 Å². The van der Waals surface area contributed by atoms with E-state index >= 15 is 0 Å². The lowest BCUT2D eigenvalue weighted by atomic mass is 10.6. The zero-order valence-electron chi connectivity index (χ0n) is 6.12. The smallest absolute Gasteiger partial charge is 0.142 e. The Kier molecular flexibility index (Phi) is 18.0.